The van der Waals surface area contributed by atoms with Crippen molar-refractivity contribution >= 4 is 6.08 Å². The molecule has 1 atom stereocenters. The molecule has 0 aliphatic rings. The van der Waals surface area contributed by atoms with Gasteiger partial charge in [0, 0.05) is 12.6 Å². The van der Waals surface area contributed by atoms with Gasteiger partial charge in [-0.1, -0.05) is 81.5 Å². The average molecular weight is 392 g/mol. The van der Waals surface area contributed by atoms with Crippen molar-refractivity contribution in [2.75, 3.05) is 0 Å². The molecule has 29 heavy (non-hydrogen) atoms. The monoisotopic (exact) mass is 391 g/mol. The number of rotatable bonds is 10. The first-order chi connectivity index (χ1) is 13.6. The van der Waals surface area contributed by atoms with Gasteiger partial charge in [0.1, 0.15) is 0 Å². The minimum absolute atomic E-state index is 0.339. The predicted molar refractivity (Wildman–Crippen MR) is 132 cm³/mol. The van der Waals surface area contributed by atoms with Gasteiger partial charge in [-0.2, -0.15) is 0 Å². The molecule has 0 radical (unpaired) electrons. The second-order valence-corrected chi connectivity index (χ2v) is 8.64. The lowest BCUT2D eigenvalue weighted by molar-refractivity contribution is 0.446. The van der Waals surface area contributed by atoms with E-state index in [-0.39, 0.29) is 0 Å². The summed E-state index contributed by atoms with van der Waals surface area (Å²) in [5.74, 6) is 0.532. The lowest BCUT2D eigenvalue weighted by atomic mass is 9.96. The summed E-state index contributed by atoms with van der Waals surface area (Å²) in [6.45, 7) is 26.4. The smallest absolute Gasteiger partial charge is 0.0300 e. The molecule has 0 saturated carbocycles. The molecule has 0 aromatic heterocycles. The van der Waals surface area contributed by atoms with E-state index in [1.165, 1.54) is 39.0 Å². The number of hydrogen-bond donors (Lipinski definition) is 1. The summed E-state index contributed by atoms with van der Waals surface area (Å²) in [5.41, 5.74) is 9.97. The maximum atomic E-state index is 4.14. The van der Waals surface area contributed by atoms with E-state index in [0.29, 0.717) is 12.0 Å². The van der Waals surface area contributed by atoms with Gasteiger partial charge in [0.05, 0.1) is 0 Å². The SMILES string of the molecule is C=C(C)\C(C)=C/C(=C\CC)C(/C)=C/c1cc(CNC(C(=C)C)C(C)C)ccc1C. The fraction of sp³-hybridized carbons (Fsp3) is 0.429. The standard InChI is InChI=1S/C28H41N/c1-11-12-26(15-23(9)19(2)3)24(10)16-27-17-25(14-13-22(27)8)18-29-28(20(4)5)21(6)7/h12-17,21,28-29H,2,4,11,18H2,1,3,5-10H3/b23-15-,24-16+,26-12+. The molecule has 0 bridgehead atoms. The van der Waals surface area contributed by atoms with E-state index in [1.54, 1.807) is 0 Å². The van der Waals surface area contributed by atoms with Crippen molar-refractivity contribution in [1.82, 2.24) is 5.32 Å². The second kappa shape index (κ2) is 11.8. The normalized spacial score (nSPS) is 14.3. The van der Waals surface area contributed by atoms with E-state index < -0.39 is 0 Å². The summed E-state index contributed by atoms with van der Waals surface area (Å²) < 4.78 is 0. The molecule has 1 aromatic carbocycles. The van der Waals surface area contributed by atoms with Crippen LogP contribution >= 0.6 is 0 Å². The lowest BCUT2D eigenvalue weighted by Crippen LogP contribution is -2.34. The number of aryl methyl sites for hydroxylation is 1. The van der Waals surface area contributed by atoms with Crippen molar-refractivity contribution in [3.8, 4) is 0 Å². The number of allylic oxidation sites excluding steroid dienone is 6. The van der Waals surface area contributed by atoms with Crippen LogP contribution in [0.15, 0.2) is 71.4 Å². The Morgan fingerprint density at radius 1 is 1.07 bits per heavy atom. The maximum absolute atomic E-state index is 4.14. The Morgan fingerprint density at radius 2 is 1.72 bits per heavy atom. The third-order valence-electron chi connectivity index (χ3n) is 5.36. The Kier molecular flexibility index (Phi) is 10.1. The molecule has 1 nitrogen and oxygen atoms in total. The van der Waals surface area contributed by atoms with Crippen LogP contribution in [0.25, 0.3) is 6.08 Å². The molecule has 1 N–H and O–H groups in total. The molecule has 0 fully saturated rings. The minimum atomic E-state index is 0.339. The molecular formula is C28H41N. The van der Waals surface area contributed by atoms with Crippen molar-refractivity contribution < 1.29 is 0 Å². The Balaban J connectivity index is 3.16. The van der Waals surface area contributed by atoms with E-state index in [0.717, 1.165) is 18.5 Å². The molecule has 1 heteroatoms. The van der Waals surface area contributed by atoms with Gasteiger partial charge in [0.15, 0.2) is 0 Å². The fourth-order valence-corrected chi connectivity index (χ4v) is 3.39. The third kappa shape index (κ3) is 8.03. The first kappa shape index (κ1) is 24.9. The van der Waals surface area contributed by atoms with Crippen molar-refractivity contribution in [3.63, 3.8) is 0 Å². The summed E-state index contributed by atoms with van der Waals surface area (Å²) in [5, 5.41) is 3.67. The Labute approximate surface area is 180 Å². The first-order valence-electron chi connectivity index (χ1n) is 10.8. The van der Waals surface area contributed by atoms with Gasteiger partial charge in [0.2, 0.25) is 0 Å². The molecule has 0 amide bonds. The summed E-state index contributed by atoms with van der Waals surface area (Å²) in [6.07, 6.45) is 7.86. The van der Waals surface area contributed by atoms with Crippen molar-refractivity contribution in [1.29, 1.82) is 0 Å². The van der Waals surface area contributed by atoms with Gasteiger partial charge >= 0.3 is 0 Å². The van der Waals surface area contributed by atoms with E-state index in [9.17, 15) is 0 Å². The van der Waals surface area contributed by atoms with Crippen molar-refractivity contribution in [3.05, 3.63) is 88.1 Å². The molecule has 1 aromatic rings. The molecule has 1 unspecified atom stereocenters. The van der Waals surface area contributed by atoms with Gasteiger partial charge < -0.3 is 5.32 Å². The summed E-state index contributed by atoms with van der Waals surface area (Å²) in [7, 11) is 0. The third-order valence-corrected chi connectivity index (χ3v) is 5.36. The zero-order valence-corrected chi connectivity index (χ0v) is 19.9. The van der Waals surface area contributed by atoms with Crippen LogP contribution in [0.2, 0.25) is 0 Å². The first-order valence-corrected chi connectivity index (χ1v) is 10.8. The quantitative estimate of drug-likeness (QED) is 0.315. The lowest BCUT2D eigenvalue weighted by Gasteiger charge is -2.23. The molecule has 158 valence electrons. The van der Waals surface area contributed by atoms with Crippen LogP contribution in [-0.2, 0) is 6.54 Å². The van der Waals surface area contributed by atoms with Crippen molar-refractivity contribution in [2.24, 2.45) is 5.92 Å². The van der Waals surface area contributed by atoms with E-state index in [1.807, 2.05) is 0 Å². The van der Waals surface area contributed by atoms with Crippen LogP contribution in [0, 0.1) is 12.8 Å². The molecule has 0 saturated heterocycles. The van der Waals surface area contributed by atoms with Gasteiger partial charge in [-0.25, -0.2) is 0 Å². The predicted octanol–water partition coefficient (Wildman–Crippen LogP) is 7.95. The number of benzene rings is 1. The van der Waals surface area contributed by atoms with Crippen LogP contribution in [0.1, 0.15) is 71.6 Å². The highest BCUT2D eigenvalue weighted by Crippen LogP contribution is 2.22. The van der Waals surface area contributed by atoms with E-state index in [2.05, 4.69) is 110 Å². The number of hydrogen-bond acceptors (Lipinski definition) is 1. The molecule has 1 rings (SSSR count). The fourth-order valence-electron chi connectivity index (χ4n) is 3.39. The molecule has 0 heterocycles. The van der Waals surface area contributed by atoms with Crippen molar-refractivity contribution in [2.45, 2.75) is 74.4 Å². The van der Waals surface area contributed by atoms with Crippen LogP contribution in [0.5, 0.6) is 0 Å². The highest BCUT2D eigenvalue weighted by Gasteiger charge is 2.13. The highest BCUT2D eigenvalue weighted by molar-refractivity contribution is 5.63. The van der Waals surface area contributed by atoms with Gasteiger partial charge in [-0.3, -0.25) is 0 Å². The average Bonchev–Trinajstić information content (AvgIpc) is 2.63. The second-order valence-electron chi connectivity index (χ2n) is 8.64. The Bertz CT molecular complexity index is 815. The topological polar surface area (TPSA) is 12.0 Å². The molecule has 0 spiro atoms. The Hall–Kier alpha value is -2.12. The zero-order valence-electron chi connectivity index (χ0n) is 19.9. The van der Waals surface area contributed by atoms with Gasteiger partial charge in [0.25, 0.3) is 0 Å². The maximum Gasteiger partial charge on any atom is 0.0300 e. The Morgan fingerprint density at radius 3 is 2.24 bits per heavy atom. The molecule has 0 aliphatic heterocycles. The summed E-state index contributed by atoms with van der Waals surface area (Å²) >= 11 is 0. The van der Waals surface area contributed by atoms with Crippen LogP contribution < -0.4 is 5.32 Å². The van der Waals surface area contributed by atoms with Crippen LogP contribution in [0.3, 0.4) is 0 Å². The molecular weight excluding hydrogens is 350 g/mol. The van der Waals surface area contributed by atoms with Gasteiger partial charge in [-0.05, 0) is 80.4 Å². The number of nitrogens with one attached hydrogen (secondary N) is 1. The van der Waals surface area contributed by atoms with Crippen LogP contribution in [0.4, 0.5) is 0 Å². The summed E-state index contributed by atoms with van der Waals surface area (Å²) in [4.78, 5) is 0. The van der Waals surface area contributed by atoms with E-state index >= 15 is 0 Å². The van der Waals surface area contributed by atoms with E-state index in [4.69, 9.17) is 0 Å². The zero-order chi connectivity index (χ0) is 22.1. The molecule has 0 aliphatic carbocycles. The summed E-state index contributed by atoms with van der Waals surface area (Å²) in [6, 6.07) is 7.09. The minimum Gasteiger partial charge on any atom is -0.306 e. The van der Waals surface area contributed by atoms with Gasteiger partial charge in [-0.15, -0.1) is 0 Å². The largest absolute Gasteiger partial charge is 0.306 e. The van der Waals surface area contributed by atoms with Crippen LogP contribution in [-0.4, -0.2) is 6.04 Å². The highest BCUT2D eigenvalue weighted by atomic mass is 14.9.